The molecule has 2 aromatic carbocycles. The molecule has 2 heterocycles. The molecule has 7 nitrogen and oxygen atoms in total. The van der Waals surface area contributed by atoms with Crippen LogP contribution < -0.4 is 10.1 Å². The molecule has 0 unspecified atom stereocenters. The monoisotopic (exact) mass is 471 g/mol. The van der Waals surface area contributed by atoms with Crippen molar-refractivity contribution in [2.75, 3.05) is 26.7 Å². The number of piperidine rings is 1. The number of carbonyl (C=O) groups excluding carboxylic acids is 2. The molecule has 0 spiro atoms. The lowest BCUT2D eigenvalue weighted by Gasteiger charge is -2.39. The molecule has 9 heteroatoms. The zero-order valence-corrected chi connectivity index (χ0v) is 18.8. The van der Waals surface area contributed by atoms with Gasteiger partial charge >= 0.3 is 0 Å². The van der Waals surface area contributed by atoms with Crippen molar-refractivity contribution < 1.29 is 28.3 Å². The molecule has 0 bridgehead atoms. The largest absolute Gasteiger partial charge is 0.489 e. The third-order valence-electron chi connectivity index (χ3n) is 6.19. The molecule has 0 radical (unpaired) electrons. The van der Waals surface area contributed by atoms with E-state index in [1.807, 2.05) is 36.4 Å². The summed E-state index contributed by atoms with van der Waals surface area (Å²) in [4.78, 5) is 27.7. The Hall–Kier alpha value is -3.30. The van der Waals surface area contributed by atoms with E-state index >= 15 is 0 Å². The van der Waals surface area contributed by atoms with Crippen LogP contribution in [-0.2, 0) is 9.59 Å². The molecule has 4 rings (SSSR count). The van der Waals surface area contributed by atoms with Crippen molar-refractivity contribution >= 4 is 17.4 Å². The van der Waals surface area contributed by atoms with Crippen LogP contribution in [0.2, 0.25) is 0 Å². The summed E-state index contributed by atoms with van der Waals surface area (Å²) in [6.45, 7) is 1.13. The topological polar surface area (TPSA) is 82.1 Å². The smallest absolute Gasteiger partial charge is 0.251 e. The Kier molecular flexibility index (Phi) is 7.23. The highest BCUT2D eigenvalue weighted by Crippen LogP contribution is 2.27. The van der Waals surface area contributed by atoms with E-state index in [1.165, 1.54) is 12.6 Å². The minimum atomic E-state index is -0.904. The molecule has 2 amide bonds. The Labute approximate surface area is 196 Å². The van der Waals surface area contributed by atoms with E-state index in [4.69, 9.17) is 4.74 Å². The van der Waals surface area contributed by atoms with Gasteiger partial charge in [-0.2, -0.15) is 0 Å². The standard InChI is InChI=1S/C25H27F2N3O4/c1-29(33)24(31)22-14-21(34-20-12-18(26)11-19(27)13-20)15-28-23(22)25(32)30-9-7-17(8-10-30)16-5-3-2-4-6-16/h2-7,11-13,21-23,28,33H,8-10,14-15H2,1H3/t21-,22-,23-/m0/s1. The number of rotatable bonds is 5. The van der Waals surface area contributed by atoms with E-state index in [0.717, 1.165) is 23.8 Å². The summed E-state index contributed by atoms with van der Waals surface area (Å²) >= 11 is 0. The maximum Gasteiger partial charge on any atom is 0.251 e. The van der Waals surface area contributed by atoms with E-state index in [-0.39, 0.29) is 24.6 Å². The first-order chi connectivity index (χ1) is 16.3. The van der Waals surface area contributed by atoms with Gasteiger partial charge in [0, 0.05) is 44.9 Å². The summed E-state index contributed by atoms with van der Waals surface area (Å²) in [7, 11) is 1.20. The second-order valence-corrected chi connectivity index (χ2v) is 8.56. The minimum Gasteiger partial charge on any atom is -0.489 e. The van der Waals surface area contributed by atoms with Crippen LogP contribution in [0.1, 0.15) is 18.4 Å². The van der Waals surface area contributed by atoms with Gasteiger partial charge in [0.25, 0.3) is 5.91 Å². The van der Waals surface area contributed by atoms with Gasteiger partial charge in [-0.15, -0.1) is 0 Å². The number of hydroxylamine groups is 2. The van der Waals surface area contributed by atoms with Crippen molar-refractivity contribution in [3.8, 4) is 5.75 Å². The zero-order valence-electron chi connectivity index (χ0n) is 18.8. The fourth-order valence-electron chi connectivity index (χ4n) is 4.51. The fraction of sp³-hybridized carbons (Fsp3) is 0.360. The number of hydrogen-bond acceptors (Lipinski definition) is 5. The van der Waals surface area contributed by atoms with Crippen molar-refractivity contribution in [2.24, 2.45) is 5.92 Å². The number of benzene rings is 2. The molecule has 2 N–H and O–H groups in total. The van der Waals surface area contributed by atoms with E-state index in [2.05, 4.69) is 5.32 Å². The van der Waals surface area contributed by atoms with Crippen LogP contribution in [-0.4, -0.2) is 65.8 Å². The molecule has 3 atom stereocenters. The van der Waals surface area contributed by atoms with Crippen LogP contribution in [0.15, 0.2) is 54.6 Å². The van der Waals surface area contributed by atoms with E-state index < -0.39 is 35.6 Å². The molecular formula is C25H27F2N3O4. The molecule has 1 saturated heterocycles. The van der Waals surface area contributed by atoms with Crippen molar-refractivity contribution in [3.05, 3.63) is 71.8 Å². The number of carbonyl (C=O) groups is 2. The Morgan fingerprint density at radius 2 is 1.85 bits per heavy atom. The number of ether oxygens (including phenoxy) is 1. The first-order valence-corrected chi connectivity index (χ1v) is 11.2. The number of halogens is 2. The van der Waals surface area contributed by atoms with Crippen LogP contribution in [0.25, 0.3) is 5.57 Å². The Morgan fingerprint density at radius 1 is 1.15 bits per heavy atom. The predicted octanol–water partition coefficient (Wildman–Crippen LogP) is 2.85. The third kappa shape index (κ3) is 5.43. The zero-order chi connectivity index (χ0) is 24.2. The summed E-state index contributed by atoms with van der Waals surface area (Å²) in [5.74, 6) is -3.34. The van der Waals surface area contributed by atoms with E-state index in [9.17, 15) is 23.6 Å². The second kappa shape index (κ2) is 10.3. The molecule has 0 aliphatic carbocycles. The van der Waals surface area contributed by atoms with Crippen molar-refractivity contribution in [3.63, 3.8) is 0 Å². The highest BCUT2D eigenvalue weighted by Gasteiger charge is 2.42. The molecule has 180 valence electrons. The van der Waals surface area contributed by atoms with Gasteiger partial charge in [0.1, 0.15) is 23.5 Å². The van der Waals surface area contributed by atoms with Gasteiger partial charge in [-0.1, -0.05) is 36.4 Å². The summed E-state index contributed by atoms with van der Waals surface area (Å²) in [5.41, 5.74) is 2.29. The van der Waals surface area contributed by atoms with Gasteiger partial charge in [0.05, 0.1) is 12.0 Å². The second-order valence-electron chi connectivity index (χ2n) is 8.56. The van der Waals surface area contributed by atoms with Crippen LogP contribution in [0.3, 0.4) is 0 Å². The maximum atomic E-state index is 13.5. The quantitative estimate of drug-likeness (QED) is 0.518. The van der Waals surface area contributed by atoms with Crippen molar-refractivity contribution in [1.29, 1.82) is 0 Å². The molecule has 2 aromatic rings. The lowest BCUT2D eigenvalue weighted by atomic mass is 9.87. The molecule has 2 aliphatic rings. The molecular weight excluding hydrogens is 444 g/mol. The maximum absolute atomic E-state index is 13.5. The van der Waals surface area contributed by atoms with Gasteiger partial charge in [0.15, 0.2) is 0 Å². The molecule has 1 fully saturated rings. The van der Waals surface area contributed by atoms with Gasteiger partial charge in [-0.3, -0.25) is 14.8 Å². The minimum absolute atomic E-state index is 0.00719. The summed E-state index contributed by atoms with van der Waals surface area (Å²) in [6, 6.07) is 12.0. The summed E-state index contributed by atoms with van der Waals surface area (Å²) in [5, 5.41) is 13.3. The SMILES string of the molecule is CN(O)C(=O)[C@H]1C[C@H](Oc2cc(F)cc(F)c2)CN[C@@H]1C(=O)N1CC=C(c2ccccc2)CC1. The molecule has 34 heavy (non-hydrogen) atoms. The average molecular weight is 472 g/mol. The van der Waals surface area contributed by atoms with Gasteiger partial charge in [-0.05, 0) is 24.0 Å². The van der Waals surface area contributed by atoms with Crippen LogP contribution in [0.5, 0.6) is 5.75 Å². The van der Waals surface area contributed by atoms with E-state index in [1.54, 1.807) is 4.90 Å². The van der Waals surface area contributed by atoms with Crippen LogP contribution in [0.4, 0.5) is 8.78 Å². The summed E-state index contributed by atoms with van der Waals surface area (Å²) in [6.07, 6.45) is 2.19. The Bertz CT molecular complexity index is 1060. The predicted molar refractivity (Wildman–Crippen MR) is 121 cm³/mol. The fourth-order valence-corrected chi connectivity index (χ4v) is 4.51. The average Bonchev–Trinajstić information content (AvgIpc) is 2.83. The normalized spacial score (nSPS) is 22.6. The lowest BCUT2D eigenvalue weighted by molar-refractivity contribution is -0.169. The Morgan fingerprint density at radius 3 is 2.47 bits per heavy atom. The lowest BCUT2D eigenvalue weighted by Crippen LogP contribution is -2.60. The van der Waals surface area contributed by atoms with Gasteiger partial charge < -0.3 is 15.0 Å². The molecule has 0 aromatic heterocycles. The number of nitrogens with one attached hydrogen (secondary N) is 1. The van der Waals surface area contributed by atoms with Crippen molar-refractivity contribution in [2.45, 2.75) is 25.0 Å². The van der Waals surface area contributed by atoms with E-state index in [0.29, 0.717) is 24.6 Å². The summed E-state index contributed by atoms with van der Waals surface area (Å²) < 4.78 is 32.7. The molecule has 2 aliphatic heterocycles. The highest BCUT2D eigenvalue weighted by molar-refractivity contribution is 5.90. The first kappa shape index (κ1) is 23.8. The van der Waals surface area contributed by atoms with Gasteiger partial charge in [0.2, 0.25) is 5.91 Å². The Balaban J connectivity index is 1.46. The first-order valence-electron chi connectivity index (χ1n) is 11.2. The van der Waals surface area contributed by atoms with Gasteiger partial charge in [-0.25, -0.2) is 13.8 Å². The van der Waals surface area contributed by atoms with Crippen LogP contribution >= 0.6 is 0 Å². The number of hydrogen-bond donors (Lipinski definition) is 2. The molecule has 0 saturated carbocycles. The third-order valence-corrected chi connectivity index (χ3v) is 6.19. The van der Waals surface area contributed by atoms with Crippen molar-refractivity contribution in [1.82, 2.24) is 15.3 Å². The highest BCUT2D eigenvalue weighted by atomic mass is 19.1. The van der Waals surface area contributed by atoms with Crippen LogP contribution in [0, 0.1) is 17.6 Å². The number of amides is 2. The number of nitrogens with zero attached hydrogens (tertiary/aromatic N) is 2.